The number of pyridine rings is 1. The number of nitrogens with zero attached hydrogens (tertiary/aromatic N) is 2. The Morgan fingerprint density at radius 3 is 2.61 bits per heavy atom. The summed E-state index contributed by atoms with van der Waals surface area (Å²) in [5.74, 6) is 0.981. The van der Waals surface area contributed by atoms with Gasteiger partial charge in [-0.05, 0) is 73.4 Å². The van der Waals surface area contributed by atoms with Crippen LogP contribution in [0.2, 0.25) is 0 Å². The van der Waals surface area contributed by atoms with Gasteiger partial charge in [-0.2, -0.15) is 0 Å². The van der Waals surface area contributed by atoms with Crippen LogP contribution in [0.3, 0.4) is 0 Å². The average Bonchev–Trinajstić information content (AvgIpc) is 2.83. The third-order valence-corrected chi connectivity index (χ3v) is 5.89. The fraction of sp³-hybridized carbons (Fsp3) is 0.308. The first-order valence-corrected chi connectivity index (χ1v) is 10.8. The lowest BCUT2D eigenvalue weighted by Crippen LogP contribution is -2.39. The molecule has 1 fully saturated rings. The predicted molar refractivity (Wildman–Crippen MR) is 120 cm³/mol. The second kappa shape index (κ2) is 9.73. The predicted octanol–water partition coefficient (Wildman–Crippen LogP) is 5.24. The van der Waals surface area contributed by atoms with Gasteiger partial charge in [0.2, 0.25) is 5.91 Å². The van der Waals surface area contributed by atoms with Crippen LogP contribution in [0.25, 0.3) is 11.3 Å². The number of aromatic nitrogens is 1. The van der Waals surface area contributed by atoms with E-state index in [0.29, 0.717) is 13.0 Å². The molecular weight excluding hydrogens is 391 g/mol. The number of amides is 1. The number of ether oxygens (including phenoxy) is 1. The van der Waals surface area contributed by atoms with Gasteiger partial charge in [0.1, 0.15) is 11.6 Å². The van der Waals surface area contributed by atoms with Crippen molar-refractivity contribution < 1.29 is 13.9 Å². The Kier molecular flexibility index (Phi) is 6.60. The van der Waals surface area contributed by atoms with Crippen molar-refractivity contribution in [2.24, 2.45) is 0 Å². The van der Waals surface area contributed by atoms with E-state index in [4.69, 9.17) is 9.72 Å². The Labute approximate surface area is 182 Å². The van der Waals surface area contributed by atoms with Crippen molar-refractivity contribution in [2.45, 2.75) is 31.6 Å². The standard InChI is InChI=1S/C26H27FN2O2/c1-31-23-14-7-19(8-15-23)9-16-26(30)29-17-3-4-21(18-29)25-6-2-5-24(28-25)20-10-12-22(27)13-11-20/h2,5-8,10-15,21H,3-4,9,16-18H2,1H3/t21-/m1/s1. The van der Waals surface area contributed by atoms with Gasteiger partial charge in [0.15, 0.2) is 0 Å². The van der Waals surface area contributed by atoms with Crippen molar-refractivity contribution in [3.8, 4) is 17.0 Å². The van der Waals surface area contributed by atoms with Crippen LogP contribution in [0, 0.1) is 5.82 Å². The quantitative estimate of drug-likeness (QED) is 0.550. The second-order valence-electron chi connectivity index (χ2n) is 7.98. The summed E-state index contributed by atoms with van der Waals surface area (Å²) in [6, 6.07) is 20.2. The third kappa shape index (κ3) is 5.29. The SMILES string of the molecule is COc1ccc(CCC(=O)N2CCC[C@@H](c3cccc(-c4ccc(F)cc4)n3)C2)cc1. The third-order valence-electron chi connectivity index (χ3n) is 5.89. The molecule has 1 aliphatic heterocycles. The number of aryl methyl sites for hydroxylation is 1. The molecule has 4 nitrogen and oxygen atoms in total. The van der Waals surface area contributed by atoms with Gasteiger partial charge >= 0.3 is 0 Å². The fourth-order valence-corrected chi connectivity index (χ4v) is 4.11. The van der Waals surface area contributed by atoms with Crippen LogP contribution in [0.1, 0.15) is 36.4 Å². The zero-order chi connectivity index (χ0) is 21.6. The minimum absolute atomic E-state index is 0.190. The van der Waals surface area contributed by atoms with Gasteiger partial charge in [-0.15, -0.1) is 0 Å². The average molecular weight is 419 g/mol. The van der Waals surface area contributed by atoms with Crippen molar-refractivity contribution in [2.75, 3.05) is 20.2 Å². The highest BCUT2D eigenvalue weighted by Crippen LogP contribution is 2.28. The summed E-state index contributed by atoms with van der Waals surface area (Å²) in [5.41, 5.74) is 3.86. The van der Waals surface area contributed by atoms with Gasteiger partial charge in [-0.1, -0.05) is 18.2 Å². The molecule has 0 saturated carbocycles. The molecule has 5 heteroatoms. The number of rotatable bonds is 6. The molecule has 1 aliphatic rings. The van der Waals surface area contributed by atoms with E-state index in [2.05, 4.69) is 0 Å². The van der Waals surface area contributed by atoms with Crippen LogP contribution >= 0.6 is 0 Å². The lowest BCUT2D eigenvalue weighted by molar-refractivity contribution is -0.132. The first kappa shape index (κ1) is 21.0. The Hall–Kier alpha value is -3.21. The number of halogens is 1. The summed E-state index contributed by atoms with van der Waals surface area (Å²) in [7, 11) is 1.65. The van der Waals surface area contributed by atoms with Crippen LogP contribution in [0.5, 0.6) is 5.75 Å². The number of carbonyl (C=O) groups excluding carboxylic acids is 1. The monoisotopic (exact) mass is 418 g/mol. The van der Waals surface area contributed by atoms with E-state index in [1.54, 1.807) is 19.2 Å². The number of benzene rings is 2. The number of hydrogen-bond acceptors (Lipinski definition) is 3. The maximum Gasteiger partial charge on any atom is 0.222 e. The molecule has 31 heavy (non-hydrogen) atoms. The molecule has 1 saturated heterocycles. The van der Waals surface area contributed by atoms with E-state index in [0.717, 1.165) is 54.1 Å². The van der Waals surface area contributed by atoms with Gasteiger partial charge in [0.05, 0.1) is 12.8 Å². The van der Waals surface area contributed by atoms with E-state index in [1.165, 1.54) is 12.1 Å². The van der Waals surface area contributed by atoms with Gasteiger partial charge in [0.25, 0.3) is 0 Å². The van der Waals surface area contributed by atoms with E-state index in [1.807, 2.05) is 47.4 Å². The second-order valence-corrected chi connectivity index (χ2v) is 7.98. The first-order valence-electron chi connectivity index (χ1n) is 10.8. The van der Waals surface area contributed by atoms with E-state index in [-0.39, 0.29) is 17.6 Å². The van der Waals surface area contributed by atoms with Crippen LogP contribution < -0.4 is 4.74 Å². The summed E-state index contributed by atoms with van der Waals surface area (Å²) < 4.78 is 18.4. The van der Waals surface area contributed by atoms with E-state index < -0.39 is 0 Å². The molecule has 1 atom stereocenters. The van der Waals surface area contributed by atoms with Crippen LogP contribution in [0.15, 0.2) is 66.7 Å². The summed E-state index contributed by atoms with van der Waals surface area (Å²) in [4.78, 5) is 19.6. The first-order chi connectivity index (χ1) is 15.1. The highest BCUT2D eigenvalue weighted by atomic mass is 19.1. The Morgan fingerprint density at radius 2 is 1.87 bits per heavy atom. The van der Waals surface area contributed by atoms with Crippen molar-refractivity contribution in [3.63, 3.8) is 0 Å². The molecule has 0 bridgehead atoms. The van der Waals surface area contributed by atoms with E-state index in [9.17, 15) is 9.18 Å². The van der Waals surface area contributed by atoms with Gasteiger partial charge < -0.3 is 9.64 Å². The van der Waals surface area contributed by atoms with Crippen LogP contribution in [-0.4, -0.2) is 36.0 Å². The zero-order valence-corrected chi connectivity index (χ0v) is 17.8. The summed E-state index contributed by atoms with van der Waals surface area (Å²) >= 11 is 0. The molecule has 1 amide bonds. The molecule has 1 aromatic heterocycles. The Balaban J connectivity index is 1.39. The lowest BCUT2D eigenvalue weighted by Gasteiger charge is -2.32. The minimum Gasteiger partial charge on any atom is -0.497 e. The number of hydrogen-bond donors (Lipinski definition) is 0. The highest BCUT2D eigenvalue weighted by molar-refractivity contribution is 5.76. The van der Waals surface area contributed by atoms with Gasteiger partial charge in [-0.25, -0.2) is 4.39 Å². The maximum absolute atomic E-state index is 13.2. The molecule has 2 aromatic carbocycles. The molecule has 2 heterocycles. The smallest absolute Gasteiger partial charge is 0.222 e. The normalized spacial score (nSPS) is 16.2. The maximum atomic E-state index is 13.2. The molecular formula is C26H27FN2O2. The Bertz CT molecular complexity index is 1020. The number of piperidine rings is 1. The minimum atomic E-state index is -0.254. The molecule has 160 valence electrons. The molecule has 0 radical (unpaired) electrons. The molecule has 4 rings (SSSR count). The van der Waals surface area contributed by atoms with Crippen molar-refractivity contribution in [1.29, 1.82) is 0 Å². The molecule has 0 spiro atoms. The molecule has 0 aliphatic carbocycles. The number of likely N-dealkylation sites (tertiary alicyclic amines) is 1. The van der Waals surface area contributed by atoms with Crippen molar-refractivity contribution in [3.05, 3.63) is 83.8 Å². The largest absolute Gasteiger partial charge is 0.497 e. The van der Waals surface area contributed by atoms with Gasteiger partial charge in [-0.3, -0.25) is 9.78 Å². The highest BCUT2D eigenvalue weighted by Gasteiger charge is 2.25. The van der Waals surface area contributed by atoms with Gasteiger partial charge in [0, 0.05) is 36.7 Å². The Morgan fingerprint density at radius 1 is 1.10 bits per heavy atom. The van der Waals surface area contributed by atoms with Crippen molar-refractivity contribution in [1.82, 2.24) is 9.88 Å². The van der Waals surface area contributed by atoms with Crippen LogP contribution in [-0.2, 0) is 11.2 Å². The lowest BCUT2D eigenvalue weighted by atomic mass is 9.93. The zero-order valence-electron chi connectivity index (χ0n) is 17.8. The molecule has 0 N–H and O–H groups in total. The fourth-order valence-electron chi connectivity index (χ4n) is 4.11. The number of carbonyl (C=O) groups is 1. The summed E-state index contributed by atoms with van der Waals surface area (Å²) in [6.45, 7) is 1.50. The van der Waals surface area contributed by atoms with Crippen LogP contribution in [0.4, 0.5) is 4.39 Å². The summed E-state index contributed by atoms with van der Waals surface area (Å²) in [5, 5.41) is 0. The number of methoxy groups -OCH3 is 1. The van der Waals surface area contributed by atoms with E-state index >= 15 is 0 Å². The topological polar surface area (TPSA) is 42.4 Å². The molecule has 0 unspecified atom stereocenters. The van der Waals surface area contributed by atoms with Crippen molar-refractivity contribution >= 4 is 5.91 Å². The molecule has 3 aromatic rings. The summed E-state index contributed by atoms with van der Waals surface area (Å²) in [6.07, 6.45) is 3.22.